The number of carbonyl (C=O) groups excluding carboxylic acids is 1. The van der Waals surface area contributed by atoms with Crippen molar-refractivity contribution in [3.63, 3.8) is 0 Å². The molecule has 1 unspecified atom stereocenters. The molecular weight excluding hydrogens is 230 g/mol. The van der Waals surface area contributed by atoms with Crippen LogP contribution in [-0.4, -0.2) is 25.0 Å². The smallest absolute Gasteiger partial charge is 0.282 e. The van der Waals surface area contributed by atoms with Crippen LogP contribution in [0.25, 0.3) is 6.08 Å². The number of benzene rings is 1. The third-order valence-corrected chi connectivity index (χ3v) is 2.81. The van der Waals surface area contributed by atoms with Crippen LogP contribution in [0.2, 0.25) is 0 Å². The van der Waals surface area contributed by atoms with Gasteiger partial charge in [-0.05, 0) is 11.6 Å². The van der Waals surface area contributed by atoms with Crippen molar-refractivity contribution < 1.29 is 14.3 Å². The maximum absolute atomic E-state index is 11.9. The lowest BCUT2D eigenvalue weighted by molar-refractivity contribution is -0.125. The normalized spacial score (nSPS) is 21.9. The molecule has 1 aromatic rings. The van der Waals surface area contributed by atoms with E-state index in [1.165, 1.54) is 0 Å². The van der Waals surface area contributed by atoms with Gasteiger partial charge in [0, 0.05) is 11.8 Å². The lowest BCUT2D eigenvalue weighted by Gasteiger charge is -2.05. The average Bonchev–Trinajstić information content (AvgIpc) is 2.85. The van der Waals surface area contributed by atoms with E-state index in [4.69, 9.17) is 9.47 Å². The van der Waals surface area contributed by atoms with Gasteiger partial charge in [-0.15, -0.1) is 0 Å². The Bertz CT molecular complexity index is 572. The van der Waals surface area contributed by atoms with Crippen molar-refractivity contribution in [3.05, 3.63) is 53.3 Å². The highest BCUT2D eigenvalue weighted by Crippen LogP contribution is 2.20. The monoisotopic (exact) mass is 241 g/mol. The molecule has 0 N–H and O–H groups in total. The highest BCUT2D eigenvalue weighted by atomic mass is 16.7. The van der Waals surface area contributed by atoms with Crippen LogP contribution in [-0.2, 0) is 14.3 Å². The molecule has 0 radical (unpaired) electrons. The highest BCUT2D eigenvalue weighted by molar-refractivity contribution is 5.97. The predicted octanol–water partition coefficient (Wildman–Crippen LogP) is 1.92. The Labute approximate surface area is 104 Å². The maximum Gasteiger partial charge on any atom is 0.282 e. The Morgan fingerprint density at radius 1 is 1.22 bits per heavy atom. The van der Waals surface area contributed by atoms with Crippen LogP contribution in [0.3, 0.4) is 0 Å². The van der Waals surface area contributed by atoms with E-state index in [0.717, 1.165) is 11.1 Å². The summed E-state index contributed by atoms with van der Waals surface area (Å²) in [5.74, 6) is 0.164. The SMILES string of the molecule is O=C1N=Cc2ccccc2C=CC=C2OCOC12. The number of ether oxygens (including phenoxy) is 2. The predicted molar refractivity (Wildman–Crippen MR) is 67.0 cm³/mol. The fourth-order valence-electron chi connectivity index (χ4n) is 1.88. The Balaban J connectivity index is 2.06. The summed E-state index contributed by atoms with van der Waals surface area (Å²) in [6.07, 6.45) is 6.39. The second kappa shape index (κ2) is 4.58. The van der Waals surface area contributed by atoms with Gasteiger partial charge in [-0.1, -0.05) is 36.4 Å². The molecule has 1 atom stereocenters. The number of amides is 1. The maximum atomic E-state index is 11.9. The Kier molecular flexibility index (Phi) is 2.78. The first-order chi connectivity index (χ1) is 8.84. The molecule has 90 valence electrons. The third kappa shape index (κ3) is 1.98. The van der Waals surface area contributed by atoms with E-state index >= 15 is 0 Å². The van der Waals surface area contributed by atoms with E-state index in [1.54, 1.807) is 12.3 Å². The van der Waals surface area contributed by atoms with Crippen LogP contribution in [0.4, 0.5) is 0 Å². The van der Waals surface area contributed by atoms with Gasteiger partial charge in [0.05, 0.1) is 0 Å². The molecule has 2 aliphatic heterocycles. The average molecular weight is 241 g/mol. The number of aliphatic imine (C=N–C) groups is 1. The summed E-state index contributed by atoms with van der Waals surface area (Å²) in [4.78, 5) is 15.8. The summed E-state index contributed by atoms with van der Waals surface area (Å²) >= 11 is 0. The van der Waals surface area contributed by atoms with Gasteiger partial charge in [0.1, 0.15) is 5.76 Å². The number of hydrogen-bond donors (Lipinski definition) is 0. The molecule has 1 amide bonds. The number of hydrogen-bond acceptors (Lipinski definition) is 3. The molecule has 3 rings (SSSR count). The Morgan fingerprint density at radius 3 is 2.94 bits per heavy atom. The molecule has 1 fully saturated rings. The molecule has 18 heavy (non-hydrogen) atoms. The van der Waals surface area contributed by atoms with E-state index in [-0.39, 0.29) is 12.7 Å². The van der Waals surface area contributed by atoms with E-state index in [0.29, 0.717) is 5.76 Å². The zero-order chi connectivity index (χ0) is 12.4. The standard InChI is InChI=1S/C14H11NO3/c16-14-13-12(17-9-18-13)7-3-6-10-4-1-2-5-11(10)8-15-14/h1-8,13H,9H2. The van der Waals surface area contributed by atoms with Crippen LogP contribution in [0.5, 0.6) is 0 Å². The highest BCUT2D eigenvalue weighted by Gasteiger charge is 2.30. The summed E-state index contributed by atoms with van der Waals surface area (Å²) in [6.45, 7) is 0.0958. The first-order valence-corrected chi connectivity index (χ1v) is 5.64. The fraction of sp³-hybridized carbons (Fsp3) is 0.143. The zero-order valence-corrected chi connectivity index (χ0v) is 9.58. The van der Waals surface area contributed by atoms with Crippen molar-refractivity contribution >= 4 is 18.2 Å². The van der Waals surface area contributed by atoms with Gasteiger partial charge >= 0.3 is 0 Å². The van der Waals surface area contributed by atoms with Crippen molar-refractivity contribution in [2.75, 3.05) is 6.79 Å². The van der Waals surface area contributed by atoms with Gasteiger partial charge < -0.3 is 9.47 Å². The second-order valence-electron chi connectivity index (χ2n) is 3.96. The summed E-state index contributed by atoms with van der Waals surface area (Å²) in [5, 5.41) is 0. The van der Waals surface area contributed by atoms with E-state index in [9.17, 15) is 4.79 Å². The van der Waals surface area contributed by atoms with Crippen LogP contribution < -0.4 is 0 Å². The third-order valence-electron chi connectivity index (χ3n) is 2.81. The van der Waals surface area contributed by atoms with Crippen LogP contribution in [0, 0.1) is 0 Å². The lowest BCUT2D eigenvalue weighted by atomic mass is 10.1. The fourth-order valence-corrected chi connectivity index (χ4v) is 1.88. The molecule has 0 aromatic heterocycles. The van der Waals surface area contributed by atoms with Crippen molar-refractivity contribution in [1.29, 1.82) is 0 Å². The molecule has 1 aromatic carbocycles. The van der Waals surface area contributed by atoms with Crippen LogP contribution >= 0.6 is 0 Å². The van der Waals surface area contributed by atoms with E-state index in [1.807, 2.05) is 36.4 Å². The molecule has 4 heteroatoms. The van der Waals surface area contributed by atoms with E-state index < -0.39 is 6.10 Å². The first-order valence-electron chi connectivity index (χ1n) is 5.64. The largest absolute Gasteiger partial charge is 0.468 e. The van der Waals surface area contributed by atoms with Crippen molar-refractivity contribution in [2.45, 2.75) is 6.10 Å². The van der Waals surface area contributed by atoms with E-state index in [2.05, 4.69) is 4.99 Å². The Morgan fingerprint density at radius 2 is 2.06 bits per heavy atom. The molecule has 4 nitrogen and oxygen atoms in total. The number of allylic oxidation sites excluding steroid dienone is 2. The van der Waals surface area contributed by atoms with Crippen molar-refractivity contribution in [1.82, 2.24) is 0 Å². The van der Waals surface area contributed by atoms with Gasteiger partial charge in [-0.2, -0.15) is 0 Å². The van der Waals surface area contributed by atoms with Crippen molar-refractivity contribution in [2.24, 2.45) is 4.99 Å². The summed E-state index contributed by atoms with van der Waals surface area (Å²) < 4.78 is 10.4. The van der Waals surface area contributed by atoms with Crippen LogP contribution in [0.1, 0.15) is 11.1 Å². The molecular formula is C14H11NO3. The number of nitrogens with zero attached hydrogens (tertiary/aromatic N) is 1. The molecule has 1 saturated heterocycles. The molecule has 2 heterocycles. The van der Waals surface area contributed by atoms with Crippen molar-refractivity contribution in [3.8, 4) is 0 Å². The van der Waals surface area contributed by atoms with Gasteiger partial charge in [-0.25, -0.2) is 4.99 Å². The minimum absolute atomic E-state index is 0.0958. The van der Waals surface area contributed by atoms with Gasteiger partial charge in [0.25, 0.3) is 5.91 Å². The number of rotatable bonds is 0. The number of fused-ring (bicyclic) bond motifs is 2. The van der Waals surface area contributed by atoms with Crippen LogP contribution in [0.15, 0.2) is 47.2 Å². The minimum Gasteiger partial charge on any atom is -0.468 e. The van der Waals surface area contributed by atoms with Gasteiger partial charge in [0.15, 0.2) is 12.9 Å². The lowest BCUT2D eigenvalue weighted by Crippen LogP contribution is -2.19. The molecule has 0 saturated carbocycles. The topological polar surface area (TPSA) is 47.9 Å². The zero-order valence-electron chi connectivity index (χ0n) is 9.58. The molecule has 0 spiro atoms. The second-order valence-corrected chi connectivity index (χ2v) is 3.96. The summed E-state index contributed by atoms with van der Waals surface area (Å²) in [6, 6.07) is 7.72. The van der Waals surface area contributed by atoms with Gasteiger partial charge in [0.2, 0.25) is 0 Å². The first kappa shape index (κ1) is 10.9. The summed E-state index contributed by atoms with van der Waals surface area (Å²) in [7, 11) is 0. The number of carbonyl (C=O) groups is 1. The van der Waals surface area contributed by atoms with Gasteiger partial charge in [-0.3, -0.25) is 4.79 Å². The molecule has 0 bridgehead atoms. The molecule has 0 aliphatic carbocycles. The Hall–Kier alpha value is -2.20. The summed E-state index contributed by atoms with van der Waals surface area (Å²) in [5.41, 5.74) is 1.90. The minimum atomic E-state index is -0.712. The molecule has 2 aliphatic rings. The quantitative estimate of drug-likeness (QED) is 0.697.